The molecule has 0 fully saturated rings. The molecule has 0 unspecified atom stereocenters. The Morgan fingerprint density at radius 2 is 1.34 bits per heavy atom. The van der Waals surface area contributed by atoms with Crippen molar-refractivity contribution in [1.82, 2.24) is 26.6 Å². The zero-order chi connectivity index (χ0) is 27.3. The van der Waals surface area contributed by atoms with Gasteiger partial charge >= 0.3 is 5.97 Å². The third kappa shape index (κ3) is 11.8. The molecule has 0 aromatic rings. The van der Waals surface area contributed by atoms with Crippen LogP contribution in [0.2, 0.25) is 0 Å². The topological polar surface area (TPSA) is 249 Å². The van der Waals surface area contributed by atoms with Crippen molar-refractivity contribution in [3.05, 3.63) is 0 Å². The first-order valence-corrected chi connectivity index (χ1v) is 11.2. The second kappa shape index (κ2) is 15.9. The predicted molar refractivity (Wildman–Crippen MR) is 125 cm³/mol. The van der Waals surface area contributed by atoms with Gasteiger partial charge in [0, 0.05) is 5.75 Å². The van der Waals surface area contributed by atoms with Crippen molar-refractivity contribution < 1.29 is 44.1 Å². The zero-order valence-electron chi connectivity index (χ0n) is 19.6. The van der Waals surface area contributed by atoms with Crippen molar-refractivity contribution >= 4 is 48.1 Å². The molecule has 0 heterocycles. The number of hydrogen-bond acceptors (Lipinski definition) is 10. The summed E-state index contributed by atoms with van der Waals surface area (Å²) < 4.78 is 0. The third-order valence-corrected chi connectivity index (χ3v) is 4.92. The van der Waals surface area contributed by atoms with Crippen molar-refractivity contribution in [3.8, 4) is 0 Å². The molecule has 0 radical (unpaired) electrons. The van der Waals surface area contributed by atoms with Crippen molar-refractivity contribution in [3.63, 3.8) is 0 Å². The first-order chi connectivity index (χ1) is 16.2. The fourth-order valence-corrected chi connectivity index (χ4v) is 2.67. The molecule has 15 nitrogen and oxygen atoms in total. The molecule has 16 heteroatoms. The highest BCUT2D eigenvalue weighted by Crippen LogP contribution is 2.04. The summed E-state index contributed by atoms with van der Waals surface area (Å²) in [6.45, 7) is 2.39. The van der Waals surface area contributed by atoms with Gasteiger partial charge in [-0.25, -0.2) is 4.79 Å². The summed E-state index contributed by atoms with van der Waals surface area (Å²) in [6, 6.07) is -5.13. The van der Waals surface area contributed by atoms with Crippen LogP contribution in [0.25, 0.3) is 0 Å². The van der Waals surface area contributed by atoms with Gasteiger partial charge in [-0.1, -0.05) is 13.8 Å². The quantitative estimate of drug-likeness (QED) is 0.0917. The summed E-state index contributed by atoms with van der Waals surface area (Å²) in [5.74, 6) is -5.91. The number of carbonyl (C=O) groups is 6. The van der Waals surface area contributed by atoms with E-state index in [1.807, 2.05) is 0 Å². The molecule has 5 amide bonds. The van der Waals surface area contributed by atoms with Gasteiger partial charge in [-0.15, -0.1) is 0 Å². The molecule has 0 saturated heterocycles. The number of hydrogen-bond donors (Lipinski definition) is 10. The highest BCUT2D eigenvalue weighted by Gasteiger charge is 2.31. The second-order valence-electron chi connectivity index (χ2n) is 7.88. The zero-order valence-corrected chi connectivity index (χ0v) is 20.5. The smallest absolute Gasteiger partial charge is 0.328 e. The summed E-state index contributed by atoms with van der Waals surface area (Å²) in [5.41, 5.74) is 5.44. The van der Waals surface area contributed by atoms with Gasteiger partial charge in [-0.05, 0) is 12.8 Å². The van der Waals surface area contributed by atoms with Gasteiger partial charge in [0.05, 0.1) is 31.8 Å². The van der Waals surface area contributed by atoms with Crippen molar-refractivity contribution in [2.45, 2.75) is 51.0 Å². The van der Waals surface area contributed by atoms with Crippen LogP contribution in [-0.2, 0) is 28.8 Å². The van der Waals surface area contributed by atoms with Crippen LogP contribution in [0.15, 0.2) is 0 Å². The largest absolute Gasteiger partial charge is 0.480 e. The van der Waals surface area contributed by atoms with Gasteiger partial charge in [0.1, 0.15) is 12.1 Å². The lowest BCUT2D eigenvalue weighted by Gasteiger charge is -2.25. The Bertz CT molecular complexity index is 780. The van der Waals surface area contributed by atoms with Crippen molar-refractivity contribution in [1.29, 1.82) is 0 Å². The molecule has 0 spiro atoms. The number of aliphatic hydroxyl groups is 2. The van der Waals surface area contributed by atoms with E-state index in [4.69, 9.17) is 10.8 Å². The minimum atomic E-state index is -1.59. The van der Waals surface area contributed by atoms with Crippen LogP contribution in [0.5, 0.6) is 0 Å². The van der Waals surface area contributed by atoms with Gasteiger partial charge in [-0.2, -0.15) is 12.6 Å². The van der Waals surface area contributed by atoms with E-state index in [0.717, 1.165) is 0 Å². The molecule has 0 rings (SSSR count). The maximum absolute atomic E-state index is 12.4. The molecule has 0 saturated carbocycles. The number of aliphatic hydroxyl groups excluding tert-OH is 2. The molecule has 0 aromatic carbocycles. The Kier molecular flexibility index (Phi) is 14.5. The van der Waals surface area contributed by atoms with Gasteiger partial charge < -0.3 is 47.6 Å². The molecule has 5 atom stereocenters. The Hall–Kier alpha value is -2.95. The van der Waals surface area contributed by atoms with E-state index in [0.29, 0.717) is 0 Å². The van der Waals surface area contributed by atoms with E-state index < -0.39 is 91.4 Å². The molecular weight excluding hydrogens is 488 g/mol. The SMILES string of the molecule is CC(C)[C@H](NC(=O)CNC(=O)[C@H](CO)NC(=O)CNC(=O)[C@@H](N)CS)C(=O)N[C@H](C(=O)O)[C@@H](C)O. The molecule has 0 aliphatic carbocycles. The fourth-order valence-electron chi connectivity index (χ4n) is 2.50. The second-order valence-corrected chi connectivity index (χ2v) is 8.25. The predicted octanol–water partition coefficient (Wildman–Crippen LogP) is -4.96. The Labute approximate surface area is 207 Å². The van der Waals surface area contributed by atoms with E-state index in [1.165, 1.54) is 6.92 Å². The van der Waals surface area contributed by atoms with Gasteiger partial charge in [0.25, 0.3) is 0 Å². The van der Waals surface area contributed by atoms with E-state index in [2.05, 4.69) is 39.2 Å². The van der Waals surface area contributed by atoms with Crippen LogP contribution in [0.4, 0.5) is 0 Å². The summed E-state index contributed by atoms with van der Waals surface area (Å²) in [4.78, 5) is 71.5. The van der Waals surface area contributed by atoms with Crippen molar-refractivity contribution in [2.75, 3.05) is 25.4 Å². The number of amides is 5. The molecule has 0 aliphatic rings. The number of aliphatic carboxylic acids is 1. The average Bonchev–Trinajstić information content (AvgIpc) is 2.79. The Balaban J connectivity index is 4.84. The minimum Gasteiger partial charge on any atom is -0.480 e. The summed E-state index contributed by atoms with van der Waals surface area (Å²) in [7, 11) is 0. The molecular formula is C19H34N6O9S. The van der Waals surface area contributed by atoms with E-state index in [-0.39, 0.29) is 5.75 Å². The van der Waals surface area contributed by atoms with Crippen LogP contribution < -0.4 is 32.3 Å². The van der Waals surface area contributed by atoms with E-state index >= 15 is 0 Å². The molecule has 0 aliphatic heterocycles. The van der Waals surface area contributed by atoms with Gasteiger partial charge in [0.2, 0.25) is 29.5 Å². The molecule has 0 bridgehead atoms. The minimum absolute atomic E-state index is 0.0528. The number of thiol groups is 1. The lowest BCUT2D eigenvalue weighted by atomic mass is 10.0. The molecule has 35 heavy (non-hydrogen) atoms. The van der Waals surface area contributed by atoms with Crippen LogP contribution in [0.3, 0.4) is 0 Å². The Morgan fingerprint density at radius 1 is 0.829 bits per heavy atom. The number of nitrogens with two attached hydrogens (primary N) is 1. The Morgan fingerprint density at radius 3 is 1.77 bits per heavy atom. The maximum Gasteiger partial charge on any atom is 0.328 e. The van der Waals surface area contributed by atoms with E-state index in [9.17, 15) is 39.0 Å². The van der Waals surface area contributed by atoms with Crippen LogP contribution in [0.1, 0.15) is 20.8 Å². The number of carboxylic acid groups (broad SMARTS) is 1. The van der Waals surface area contributed by atoms with E-state index in [1.54, 1.807) is 13.8 Å². The van der Waals surface area contributed by atoms with Crippen LogP contribution in [0, 0.1) is 5.92 Å². The maximum atomic E-state index is 12.4. The standard InChI is InChI=1S/C19H34N6O9S/c1-8(2)14(18(32)25-15(9(3)27)19(33)34)24-13(29)5-22-17(31)11(6-26)23-12(28)4-21-16(30)10(20)7-35/h8-11,14-15,26-27,35H,4-7,20H2,1-3H3,(H,21,30)(H,22,31)(H,23,28)(H,24,29)(H,25,32)(H,33,34)/t9-,10+,11+,14+,15+/m1/s1. The lowest BCUT2D eigenvalue weighted by molar-refractivity contribution is -0.145. The number of rotatable bonds is 15. The number of carbonyl (C=O) groups excluding carboxylic acids is 5. The first kappa shape index (κ1) is 32.0. The summed E-state index contributed by atoms with van der Waals surface area (Å²) >= 11 is 3.85. The van der Waals surface area contributed by atoms with Crippen molar-refractivity contribution in [2.24, 2.45) is 11.7 Å². The summed E-state index contributed by atoms with van der Waals surface area (Å²) in [6.07, 6.45) is -1.39. The lowest BCUT2D eigenvalue weighted by Crippen LogP contribution is -2.58. The summed E-state index contributed by atoms with van der Waals surface area (Å²) in [5, 5.41) is 39.0. The highest BCUT2D eigenvalue weighted by atomic mass is 32.1. The number of nitrogens with one attached hydrogen (secondary N) is 5. The normalized spacial score (nSPS) is 15.1. The highest BCUT2D eigenvalue weighted by molar-refractivity contribution is 7.80. The molecule has 200 valence electrons. The number of carboxylic acids is 1. The monoisotopic (exact) mass is 522 g/mol. The van der Waals surface area contributed by atoms with Crippen LogP contribution in [-0.4, -0.2) is 107 Å². The first-order valence-electron chi connectivity index (χ1n) is 10.6. The average molecular weight is 523 g/mol. The molecule has 0 aromatic heterocycles. The van der Waals surface area contributed by atoms with Gasteiger partial charge in [0.15, 0.2) is 6.04 Å². The third-order valence-electron chi connectivity index (χ3n) is 4.53. The molecule has 10 N–H and O–H groups in total. The fraction of sp³-hybridized carbons (Fsp3) is 0.684. The van der Waals surface area contributed by atoms with Crippen LogP contribution >= 0.6 is 12.6 Å². The van der Waals surface area contributed by atoms with Gasteiger partial charge in [-0.3, -0.25) is 24.0 Å².